The second-order valence-corrected chi connectivity index (χ2v) is 5.53. The van der Waals surface area contributed by atoms with Gasteiger partial charge >= 0.3 is 0 Å². The van der Waals surface area contributed by atoms with Gasteiger partial charge in [-0.25, -0.2) is 4.99 Å². The summed E-state index contributed by atoms with van der Waals surface area (Å²) >= 11 is 0. The molecule has 0 saturated heterocycles. The van der Waals surface area contributed by atoms with E-state index in [-0.39, 0.29) is 35.8 Å². The number of guanidine groups is 1. The minimum atomic E-state index is -0.0388. The topological polar surface area (TPSA) is 79.5 Å². The zero-order chi connectivity index (χ0) is 16.7. The molecule has 0 heterocycles. The molecule has 5 nitrogen and oxygen atoms in total. The number of aliphatic imine (C=N–C) groups is 1. The van der Waals surface area contributed by atoms with Gasteiger partial charge in [-0.15, -0.1) is 24.0 Å². The van der Waals surface area contributed by atoms with E-state index in [4.69, 9.17) is 5.73 Å². The number of amides is 1. The quantitative estimate of drug-likeness (QED) is 0.377. The molecule has 0 radical (unpaired) electrons. The first kappa shape index (κ1) is 20.0. The van der Waals surface area contributed by atoms with Crippen molar-refractivity contribution in [1.82, 2.24) is 0 Å². The van der Waals surface area contributed by atoms with Gasteiger partial charge in [0.2, 0.25) is 5.91 Å². The molecule has 24 heavy (non-hydrogen) atoms. The number of hydrogen-bond donors (Lipinski definition) is 3. The van der Waals surface area contributed by atoms with Gasteiger partial charge in [0.15, 0.2) is 5.96 Å². The number of para-hydroxylation sites is 1. The van der Waals surface area contributed by atoms with Crippen molar-refractivity contribution in [2.45, 2.75) is 20.4 Å². The van der Waals surface area contributed by atoms with E-state index in [1.807, 2.05) is 68.4 Å². The van der Waals surface area contributed by atoms with Crippen LogP contribution in [0, 0.1) is 5.92 Å². The predicted octanol–water partition coefficient (Wildman–Crippen LogP) is 3.83. The highest BCUT2D eigenvalue weighted by Crippen LogP contribution is 2.12. The summed E-state index contributed by atoms with van der Waals surface area (Å²) < 4.78 is 0. The van der Waals surface area contributed by atoms with Crippen molar-refractivity contribution in [1.29, 1.82) is 0 Å². The van der Waals surface area contributed by atoms with Crippen LogP contribution in [0.2, 0.25) is 0 Å². The maximum Gasteiger partial charge on any atom is 0.226 e. The Balaban J connectivity index is 0.00000288. The van der Waals surface area contributed by atoms with E-state index in [0.717, 1.165) is 16.9 Å². The van der Waals surface area contributed by atoms with Crippen LogP contribution in [0.25, 0.3) is 0 Å². The van der Waals surface area contributed by atoms with E-state index in [0.29, 0.717) is 12.5 Å². The highest BCUT2D eigenvalue weighted by Gasteiger charge is 2.06. The summed E-state index contributed by atoms with van der Waals surface area (Å²) in [6, 6.07) is 17.2. The molecule has 2 aromatic carbocycles. The van der Waals surface area contributed by atoms with Gasteiger partial charge in [0, 0.05) is 17.3 Å². The van der Waals surface area contributed by atoms with Gasteiger partial charge in [0.05, 0.1) is 6.54 Å². The molecular weight excluding hydrogens is 415 g/mol. The first-order valence-electron chi connectivity index (χ1n) is 7.56. The van der Waals surface area contributed by atoms with Crippen molar-refractivity contribution >= 4 is 47.2 Å². The van der Waals surface area contributed by atoms with Gasteiger partial charge in [-0.3, -0.25) is 4.79 Å². The monoisotopic (exact) mass is 438 g/mol. The van der Waals surface area contributed by atoms with Crippen LogP contribution in [0.4, 0.5) is 11.4 Å². The number of halogens is 1. The summed E-state index contributed by atoms with van der Waals surface area (Å²) in [5.74, 6) is 0.337. The van der Waals surface area contributed by atoms with Crippen LogP contribution < -0.4 is 16.4 Å². The summed E-state index contributed by atoms with van der Waals surface area (Å²) in [6.07, 6.45) is 0. The van der Waals surface area contributed by atoms with Crippen molar-refractivity contribution in [3.05, 3.63) is 60.2 Å². The number of nitrogens with two attached hydrogens (primary N) is 1. The highest BCUT2D eigenvalue weighted by atomic mass is 127. The van der Waals surface area contributed by atoms with Crippen molar-refractivity contribution in [3.8, 4) is 0 Å². The smallest absolute Gasteiger partial charge is 0.226 e. The Kier molecular flexibility index (Phi) is 8.25. The first-order chi connectivity index (χ1) is 11.0. The molecule has 0 aromatic heterocycles. The minimum absolute atomic E-state index is 0. The molecule has 0 fully saturated rings. The van der Waals surface area contributed by atoms with Gasteiger partial charge in [0.1, 0.15) is 0 Å². The largest absolute Gasteiger partial charge is 0.370 e. The number of nitrogens with zero attached hydrogens (tertiary/aromatic N) is 1. The summed E-state index contributed by atoms with van der Waals surface area (Å²) in [4.78, 5) is 15.9. The minimum Gasteiger partial charge on any atom is -0.370 e. The van der Waals surface area contributed by atoms with Crippen LogP contribution in [0.5, 0.6) is 0 Å². The van der Waals surface area contributed by atoms with Crippen molar-refractivity contribution in [2.75, 3.05) is 10.6 Å². The summed E-state index contributed by atoms with van der Waals surface area (Å²) in [7, 11) is 0. The Morgan fingerprint density at radius 3 is 2.17 bits per heavy atom. The lowest BCUT2D eigenvalue weighted by Crippen LogP contribution is -2.22. The molecular formula is C18H23IN4O. The fraction of sp³-hybridized carbons (Fsp3) is 0.222. The number of benzene rings is 2. The van der Waals surface area contributed by atoms with Crippen molar-refractivity contribution < 1.29 is 4.79 Å². The Bertz CT molecular complexity index is 669. The van der Waals surface area contributed by atoms with Crippen LogP contribution >= 0.6 is 24.0 Å². The average molecular weight is 438 g/mol. The zero-order valence-corrected chi connectivity index (χ0v) is 16.2. The lowest BCUT2D eigenvalue weighted by atomic mass is 10.2. The maximum absolute atomic E-state index is 11.6. The summed E-state index contributed by atoms with van der Waals surface area (Å²) in [6.45, 7) is 4.20. The van der Waals surface area contributed by atoms with E-state index >= 15 is 0 Å². The van der Waals surface area contributed by atoms with Crippen LogP contribution in [0.15, 0.2) is 59.6 Å². The lowest BCUT2D eigenvalue weighted by Gasteiger charge is -2.08. The number of rotatable bonds is 5. The molecule has 0 bridgehead atoms. The second-order valence-electron chi connectivity index (χ2n) is 5.53. The van der Waals surface area contributed by atoms with E-state index in [2.05, 4.69) is 15.6 Å². The van der Waals surface area contributed by atoms with Crippen molar-refractivity contribution in [3.63, 3.8) is 0 Å². The van der Waals surface area contributed by atoms with Gasteiger partial charge in [0.25, 0.3) is 0 Å². The third-order valence-electron chi connectivity index (χ3n) is 3.22. The van der Waals surface area contributed by atoms with Crippen LogP contribution in [-0.2, 0) is 11.3 Å². The van der Waals surface area contributed by atoms with Crippen LogP contribution in [0.3, 0.4) is 0 Å². The van der Waals surface area contributed by atoms with E-state index in [9.17, 15) is 4.79 Å². The van der Waals surface area contributed by atoms with Crippen molar-refractivity contribution in [2.24, 2.45) is 16.6 Å². The van der Waals surface area contributed by atoms with Gasteiger partial charge in [-0.1, -0.05) is 44.2 Å². The molecule has 0 spiro atoms. The SMILES string of the molecule is CC(C)C(=O)Nc1ccc(CN=C(N)Nc2ccccc2)cc1.I. The molecule has 0 atom stereocenters. The molecule has 128 valence electrons. The average Bonchev–Trinajstić information content (AvgIpc) is 2.55. The fourth-order valence-corrected chi connectivity index (χ4v) is 1.87. The van der Waals surface area contributed by atoms with Crippen LogP contribution in [0.1, 0.15) is 19.4 Å². The molecule has 0 aliphatic carbocycles. The number of carbonyl (C=O) groups excluding carboxylic acids is 1. The van der Waals surface area contributed by atoms with E-state index < -0.39 is 0 Å². The number of hydrogen-bond acceptors (Lipinski definition) is 2. The third-order valence-corrected chi connectivity index (χ3v) is 3.22. The first-order valence-corrected chi connectivity index (χ1v) is 7.56. The normalized spacial score (nSPS) is 10.9. The molecule has 1 amide bonds. The lowest BCUT2D eigenvalue weighted by molar-refractivity contribution is -0.118. The van der Waals surface area contributed by atoms with E-state index in [1.54, 1.807) is 0 Å². The molecule has 0 unspecified atom stereocenters. The molecule has 0 aliphatic heterocycles. The molecule has 6 heteroatoms. The fourth-order valence-electron chi connectivity index (χ4n) is 1.87. The molecule has 0 aliphatic rings. The third kappa shape index (κ3) is 6.57. The van der Waals surface area contributed by atoms with E-state index in [1.165, 1.54) is 0 Å². The summed E-state index contributed by atoms with van der Waals surface area (Å²) in [5, 5.41) is 5.89. The highest BCUT2D eigenvalue weighted by molar-refractivity contribution is 14.0. The maximum atomic E-state index is 11.6. The Morgan fingerprint density at radius 2 is 1.58 bits per heavy atom. The molecule has 2 aromatic rings. The Labute approximate surface area is 159 Å². The zero-order valence-electron chi connectivity index (χ0n) is 13.8. The summed E-state index contributed by atoms with van der Waals surface area (Å²) in [5.41, 5.74) is 8.57. The second kappa shape index (κ2) is 9.92. The van der Waals surface area contributed by atoms with Crippen LogP contribution in [-0.4, -0.2) is 11.9 Å². The number of carbonyl (C=O) groups is 1. The number of nitrogens with one attached hydrogen (secondary N) is 2. The molecule has 0 saturated carbocycles. The Morgan fingerprint density at radius 1 is 1.00 bits per heavy atom. The number of anilines is 2. The van der Waals surface area contributed by atoms with Gasteiger partial charge in [-0.05, 0) is 29.8 Å². The van der Waals surface area contributed by atoms with Gasteiger partial charge < -0.3 is 16.4 Å². The van der Waals surface area contributed by atoms with Gasteiger partial charge in [-0.2, -0.15) is 0 Å². The standard InChI is InChI=1S/C18H22N4O.HI/c1-13(2)17(23)21-16-10-8-14(9-11-16)12-20-18(19)22-15-6-4-3-5-7-15;/h3-11,13H,12H2,1-2H3,(H,21,23)(H3,19,20,22);1H. The molecule has 2 rings (SSSR count). The predicted molar refractivity (Wildman–Crippen MR) is 111 cm³/mol. The molecule has 4 N–H and O–H groups in total. The Hall–Kier alpha value is -2.09.